The van der Waals surface area contributed by atoms with E-state index in [4.69, 9.17) is 0 Å². The Morgan fingerprint density at radius 2 is 2.00 bits per heavy atom. The molecule has 0 radical (unpaired) electrons. The molecule has 2 heteroatoms. The second kappa shape index (κ2) is 4.12. The van der Waals surface area contributed by atoms with Gasteiger partial charge >= 0.3 is 0 Å². The summed E-state index contributed by atoms with van der Waals surface area (Å²) in [6.45, 7) is 5.96. The zero-order valence-corrected chi connectivity index (χ0v) is 10.0. The van der Waals surface area contributed by atoms with Crippen molar-refractivity contribution in [1.82, 2.24) is 4.57 Å². The molecule has 1 heterocycles. The standard InChI is InChI=1S/C14H17NO/c1-10(2)8-13-9-12-6-4-5-7-14(12)15(13)11(3)16/h4-7,9-10H,8H2,1-3H3. The lowest BCUT2D eigenvalue weighted by Gasteiger charge is -2.08. The van der Waals surface area contributed by atoms with Crippen LogP contribution in [-0.2, 0) is 6.42 Å². The summed E-state index contributed by atoms with van der Waals surface area (Å²) in [5.74, 6) is 0.652. The van der Waals surface area contributed by atoms with Crippen molar-refractivity contribution in [3.63, 3.8) is 0 Å². The molecule has 1 aromatic heterocycles. The summed E-state index contributed by atoms with van der Waals surface area (Å²) in [5.41, 5.74) is 2.13. The van der Waals surface area contributed by atoms with E-state index in [-0.39, 0.29) is 5.91 Å². The van der Waals surface area contributed by atoms with Gasteiger partial charge < -0.3 is 0 Å². The minimum Gasteiger partial charge on any atom is -0.284 e. The van der Waals surface area contributed by atoms with Crippen molar-refractivity contribution in [2.75, 3.05) is 0 Å². The summed E-state index contributed by atoms with van der Waals surface area (Å²) in [5, 5.41) is 1.15. The summed E-state index contributed by atoms with van der Waals surface area (Å²) < 4.78 is 1.83. The fraction of sp³-hybridized carbons (Fsp3) is 0.357. The van der Waals surface area contributed by atoms with E-state index in [0.29, 0.717) is 5.92 Å². The highest BCUT2D eigenvalue weighted by Crippen LogP contribution is 2.21. The molecule has 0 N–H and O–H groups in total. The van der Waals surface area contributed by atoms with E-state index in [9.17, 15) is 4.79 Å². The number of para-hydroxylation sites is 1. The van der Waals surface area contributed by atoms with Gasteiger partial charge in [-0.25, -0.2) is 0 Å². The van der Waals surface area contributed by atoms with Gasteiger partial charge in [0, 0.05) is 18.0 Å². The lowest BCUT2D eigenvalue weighted by molar-refractivity contribution is 0.0938. The maximum atomic E-state index is 11.7. The molecule has 0 aliphatic carbocycles. The Morgan fingerprint density at radius 1 is 1.31 bits per heavy atom. The van der Waals surface area contributed by atoms with Crippen molar-refractivity contribution in [1.29, 1.82) is 0 Å². The molecule has 0 unspecified atom stereocenters. The Kier molecular flexibility index (Phi) is 2.82. The van der Waals surface area contributed by atoms with Gasteiger partial charge in [0.15, 0.2) is 0 Å². The fourth-order valence-corrected chi connectivity index (χ4v) is 2.15. The Morgan fingerprint density at radius 3 is 2.62 bits per heavy atom. The average molecular weight is 215 g/mol. The molecule has 16 heavy (non-hydrogen) atoms. The van der Waals surface area contributed by atoms with Crippen LogP contribution in [0.15, 0.2) is 30.3 Å². The van der Waals surface area contributed by atoms with Crippen molar-refractivity contribution in [3.8, 4) is 0 Å². The maximum Gasteiger partial charge on any atom is 0.228 e. The maximum absolute atomic E-state index is 11.7. The predicted molar refractivity (Wildman–Crippen MR) is 66.8 cm³/mol. The molecule has 0 aliphatic heterocycles. The first-order valence-electron chi connectivity index (χ1n) is 5.70. The number of rotatable bonds is 2. The van der Waals surface area contributed by atoms with E-state index in [0.717, 1.165) is 23.0 Å². The molecule has 0 saturated carbocycles. The van der Waals surface area contributed by atoms with Crippen LogP contribution in [0.3, 0.4) is 0 Å². The number of benzene rings is 1. The van der Waals surface area contributed by atoms with Gasteiger partial charge in [0.2, 0.25) is 5.91 Å². The number of nitrogens with zero attached hydrogens (tertiary/aromatic N) is 1. The molecule has 2 nitrogen and oxygen atoms in total. The quantitative estimate of drug-likeness (QED) is 0.751. The van der Waals surface area contributed by atoms with E-state index in [1.54, 1.807) is 6.92 Å². The summed E-state index contributed by atoms with van der Waals surface area (Å²) in [4.78, 5) is 11.7. The van der Waals surface area contributed by atoms with Crippen molar-refractivity contribution >= 4 is 16.8 Å². The van der Waals surface area contributed by atoms with Crippen LogP contribution < -0.4 is 0 Å². The third kappa shape index (κ3) is 1.87. The first kappa shape index (κ1) is 10.9. The molecule has 0 amide bonds. The molecular formula is C14H17NO. The lowest BCUT2D eigenvalue weighted by atomic mass is 10.1. The van der Waals surface area contributed by atoms with Gasteiger partial charge in [-0.2, -0.15) is 0 Å². The van der Waals surface area contributed by atoms with Crippen LogP contribution in [0.2, 0.25) is 0 Å². The molecule has 0 atom stereocenters. The third-order valence-electron chi connectivity index (χ3n) is 2.72. The van der Waals surface area contributed by atoms with Gasteiger partial charge in [-0.3, -0.25) is 9.36 Å². The Hall–Kier alpha value is -1.57. The van der Waals surface area contributed by atoms with E-state index < -0.39 is 0 Å². The first-order valence-corrected chi connectivity index (χ1v) is 5.70. The second-order valence-corrected chi connectivity index (χ2v) is 4.65. The van der Waals surface area contributed by atoms with Gasteiger partial charge in [0.25, 0.3) is 0 Å². The summed E-state index contributed by atoms with van der Waals surface area (Å²) in [7, 11) is 0. The molecule has 0 aliphatic rings. The minimum atomic E-state index is 0.0943. The molecular weight excluding hydrogens is 198 g/mol. The van der Waals surface area contributed by atoms with Crippen molar-refractivity contribution < 1.29 is 4.79 Å². The van der Waals surface area contributed by atoms with Crippen LogP contribution >= 0.6 is 0 Å². The van der Waals surface area contributed by atoms with Crippen molar-refractivity contribution in [3.05, 3.63) is 36.0 Å². The molecule has 0 spiro atoms. The van der Waals surface area contributed by atoms with Crippen LogP contribution in [-0.4, -0.2) is 10.5 Å². The largest absolute Gasteiger partial charge is 0.284 e. The van der Waals surface area contributed by atoms with Crippen molar-refractivity contribution in [2.24, 2.45) is 5.92 Å². The summed E-state index contributed by atoms with van der Waals surface area (Å²) in [6.07, 6.45) is 0.939. The molecule has 0 bridgehead atoms. The zero-order valence-electron chi connectivity index (χ0n) is 10.0. The van der Waals surface area contributed by atoms with Gasteiger partial charge in [0.05, 0.1) is 5.52 Å². The highest BCUT2D eigenvalue weighted by atomic mass is 16.1. The molecule has 2 aromatic rings. The summed E-state index contributed by atoms with van der Waals surface area (Å²) in [6, 6.07) is 10.2. The third-order valence-corrected chi connectivity index (χ3v) is 2.72. The minimum absolute atomic E-state index is 0.0943. The number of hydrogen-bond acceptors (Lipinski definition) is 1. The number of carbonyl (C=O) groups excluding carboxylic acids is 1. The number of carbonyl (C=O) groups is 1. The average Bonchev–Trinajstić information content (AvgIpc) is 2.53. The van der Waals surface area contributed by atoms with E-state index in [1.165, 1.54) is 0 Å². The monoisotopic (exact) mass is 215 g/mol. The molecule has 0 saturated heterocycles. The second-order valence-electron chi connectivity index (χ2n) is 4.65. The molecule has 1 aromatic carbocycles. The van der Waals surface area contributed by atoms with Gasteiger partial charge in [-0.1, -0.05) is 32.0 Å². The van der Waals surface area contributed by atoms with Gasteiger partial charge in [-0.15, -0.1) is 0 Å². The van der Waals surface area contributed by atoms with Crippen LogP contribution in [0, 0.1) is 5.92 Å². The van der Waals surface area contributed by atoms with E-state index in [1.807, 2.05) is 22.8 Å². The molecule has 0 fully saturated rings. The fourth-order valence-electron chi connectivity index (χ4n) is 2.15. The smallest absolute Gasteiger partial charge is 0.228 e. The van der Waals surface area contributed by atoms with Crippen LogP contribution in [0.1, 0.15) is 31.3 Å². The predicted octanol–water partition coefficient (Wildman–Crippen LogP) is 3.50. The van der Waals surface area contributed by atoms with Gasteiger partial charge in [-0.05, 0) is 24.5 Å². The molecule has 84 valence electrons. The molecule has 2 rings (SSSR count). The summed E-state index contributed by atoms with van der Waals surface area (Å²) >= 11 is 0. The highest BCUT2D eigenvalue weighted by molar-refractivity contribution is 5.92. The number of hydrogen-bond donors (Lipinski definition) is 0. The SMILES string of the molecule is CC(=O)n1c(CC(C)C)cc2ccccc21. The number of aromatic nitrogens is 1. The van der Waals surface area contributed by atoms with Gasteiger partial charge in [0.1, 0.15) is 0 Å². The lowest BCUT2D eigenvalue weighted by Crippen LogP contribution is -2.11. The highest BCUT2D eigenvalue weighted by Gasteiger charge is 2.12. The van der Waals surface area contributed by atoms with Crippen LogP contribution in [0.4, 0.5) is 0 Å². The van der Waals surface area contributed by atoms with E-state index >= 15 is 0 Å². The van der Waals surface area contributed by atoms with Crippen molar-refractivity contribution in [2.45, 2.75) is 27.2 Å². The zero-order chi connectivity index (χ0) is 11.7. The Bertz CT molecular complexity index is 523. The Balaban J connectivity index is 2.63. The normalized spacial score (nSPS) is 11.2. The Labute approximate surface area is 95.9 Å². The van der Waals surface area contributed by atoms with E-state index in [2.05, 4.69) is 26.0 Å². The number of fused-ring (bicyclic) bond motifs is 1. The van der Waals surface area contributed by atoms with Crippen LogP contribution in [0.25, 0.3) is 10.9 Å². The van der Waals surface area contributed by atoms with Crippen LogP contribution in [0.5, 0.6) is 0 Å². The first-order chi connectivity index (χ1) is 7.59. The topological polar surface area (TPSA) is 22.0 Å².